The van der Waals surface area contributed by atoms with E-state index in [1.54, 1.807) is 6.07 Å². The first kappa shape index (κ1) is 11.6. The number of hydrogen-bond acceptors (Lipinski definition) is 2. The lowest BCUT2D eigenvalue weighted by Crippen LogP contribution is -2.17. The minimum Gasteiger partial charge on any atom is -0.455 e. The molecule has 0 spiro atoms. The Balaban J connectivity index is 2.02. The van der Waals surface area contributed by atoms with E-state index in [1.165, 1.54) is 0 Å². The van der Waals surface area contributed by atoms with Crippen LogP contribution in [-0.4, -0.2) is 12.1 Å². The Morgan fingerprint density at radius 3 is 3.00 bits per heavy atom. The fourth-order valence-corrected chi connectivity index (χ4v) is 2.24. The molecule has 1 aromatic rings. The highest BCUT2D eigenvalue weighted by molar-refractivity contribution is 14.1. The van der Waals surface area contributed by atoms with Gasteiger partial charge < -0.3 is 4.74 Å². The van der Waals surface area contributed by atoms with Crippen LogP contribution in [0.15, 0.2) is 36.4 Å². The quantitative estimate of drug-likeness (QED) is 0.471. The highest BCUT2D eigenvalue weighted by Gasteiger charge is 2.15. The second-order valence-electron chi connectivity index (χ2n) is 3.81. The number of ether oxygens (including phenoxy) is 1. The summed E-state index contributed by atoms with van der Waals surface area (Å²) in [6, 6.07) is 7.46. The Hall–Kier alpha value is -0.840. The largest absolute Gasteiger partial charge is 0.455 e. The lowest BCUT2D eigenvalue weighted by atomic mass is 10.1. The van der Waals surface area contributed by atoms with E-state index in [-0.39, 0.29) is 12.1 Å². The van der Waals surface area contributed by atoms with Gasteiger partial charge >= 0.3 is 5.97 Å². The molecule has 0 saturated carbocycles. The summed E-state index contributed by atoms with van der Waals surface area (Å²) in [6.45, 7) is 0. The first-order valence-corrected chi connectivity index (χ1v) is 6.47. The maximum atomic E-state index is 11.8. The van der Waals surface area contributed by atoms with E-state index in [2.05, 4.69) is 28.7 Å². The zero-order chi connectivity index (χ0) is 11.4. The number of benzene rings is 1. The number of carbonyl (C=O) groups is 1. The molecule has 3 heteroatoms. The fourth-order valence-electron chi connectivity index (χ4n) is 1.70. The normalized spacial score (nSPS) is 19.4. The third kappa shape index (κ3) is 3.07. The molecular formula is C13H13IO2. The second-order valence-corrected chi connectivity index (χ2v) is 5.06. The van der Waals surface area contributed by atoms with Gasteiger partial charge in [-0.25, -0.2) is 4.79 Å². The van der Waals surface area contributed by atoms with Crippen LogP contribution in [0.4, 0.5) is 0 Å². The van der Waals surface area contributed by atoms with Gasteiger partial charge in [0.2, 0.25) is 0 Å². The second kappa shape index (κ2) is 5.48. The topological polar surface area (TPSA) is 26.3 Å². The summed E-state index contributed by atoms with van der Waals surface area (Å²) in [5.41, 5.74) is 0.630. The smallest absolute Gasteiger partial charge is 0.338 e. The molecule has 0 saturated heterocycles. The Morgan fingerprint density at radius 1 is 1.44 bits per heavy atom. The van der Waals surface area contributed by atoms with Crippen molar-refractivity contribution in [3.63, 3.8) is 0 Å². The highest BCUT2D eigenvalue weighted by Crippen LogP contribution is 2.16. The number of esters is 1. The summed E-state index contributed by atoms with van der Waals surface area (Å²) >= 11 is 2.19. The molecule has 2 nitrogen and oxygen atoms in total. The van der Waals surface area contributed by atoms with Crippen LogP contribution in [-0.2, 0) is 4.74 Å². The molecule has 0 amide bonds. The minimum atomic E-state index is -0.227. The van der Waals surface area contributed by atoms with Crippen molar-refractivity contribution in [3.05, 3.63) is 45.6 Å². The third-order valence-corrected chi connectivity index (χ3v) is 3.20. The van der Waals surface area contributed by atoms with Crippen molar-refractivity contribution in [2.45, 2.75) is 25.4 Å². The summed E-state index contributed by atoms with van der Waals surface area (Å²) in [7, 11) is 0. The van der Waals surface area contributed by atoms with Gasteiger partial charge in [-0.2, -0.15) is 0 Å². The summed E-state index contributed by atoms with van der Waals surface area (Å²) in [4.78, 5) is 11.8. The van der Waals surface area contributed by atoms with E-state index < -0.39 is 0 Å². The Kier molecular flexibility index (Phi) is 3.98. The van der Waals surface area contributed by atoms with Gasteiger partial charge in [-0.3, -0.25) is 0 Å². The molecule has 1 unspecified atom stereocenters. The van der Waals surface area contributed by atoms with Crippen LogP contribution in [0.25, 0.3) is 0 Å². The van der Waals surface area contributed by atoms with Gasteiger partial charge in [0.25, 0.3) is 0 Å². The van der Waals surface area contributed by atoms with Crippen LogP contribution < -0.4 is 0 Å². The van der Waals surface area contributed by atoms with E-state index in [1.807, 2.05) is 24.3 Å². The number of rotatable bonds is 2. The van der Waals surface area contributed by atoms with Gasteiger partial charge in [-0.1, -0.05) is 12.1 Å². The molecule has 0 bridgehead atoms. The van der Waals surface area contributed by atoms with Crippen LogP contribution in [0.3, 0.4) is 0 Å². The Labute approximate surface area is 109 Å². The van der Waals surface area contributed by atoms with E-state index in [0.717, 1.165) is 22.8 Å². The average Bonchev–Trinajstić information content (AvgIpc) is 2.30. The van der Waals surface area contributed by atoms with Crippen molar-refractivity contribution in [1.29, 1.82) is 0 Å². The van der Waals surface area contributed by atoms with Gasteiger partial charge in [-0.05, 0) is 66.1 Å². The number of hydrogen-bond donors (Lipinski definition) is 0. The Bertz CT molecular complexity index is 412. The van der Waals surface area contributed by atoms with Gasteiger partial charge in [-0.15, -0.1) is 0 Å². The molecule has 0 aliphatic heterocycles. The first-order valence-electron chi connectivity index (χ1n) is 5.39. The van der Waals surface area contributed by atoms with Crippen molar-refractivity contribution >= 4 is 28.6 Å². The maximum absolute atomic E-state index is 11.8. The standard InChI is InChI=1S/C13H13IO2/c14-11-6-4-5-10(9-11)13(15)16-12-7-2-1-3-8-12/h2,4-7,9,12H,1,3,8H2. The van der Waals surface area contributed by atoms with Gasteiger partial charge in [0.1, 0.15) is 6.10 Å². The van der Waals surface area contributed by atoms with E-state index in [4.69, 9.17) is 4.74 Å². The molecular weight excluding hydrogens is 315 g/mol. The van der Waals surface area contributed by atoms with Crippen LogP contribution in [0.2, 0.25) is 0 Å². The first-order chi connectivity index (χ1) is 7.75. The predicted octanol–water partition coefficient (Wildman–Crippen LogP) is 3.56. The average molecular weight is 328 g/mol. The van der Waals surface area contributed by atoms with Crippen molar-refractivity contribution < 1.29 is 9.53 Å². The Morgan fingerprint density at radius 2 is 2.31 bits per heavy atom. The molecule has 0 heterocycles. The van der Waals surface area contributed by atoms with Crippen molar-refractivity contribution in [2.24, 2.45) is 0 Å². The molecule has 84 valence electrons. The molecule has 2 rings (SSSR count). The molecule has 1 aromatic carbocycles. The molecule has 0 radical (unpaired) electrons. The molecule has 0 fully saturated rings. The minimum absolute atomic E-state index is 0.0425. The van der Waals surface area contributed by atoms with Crippen LogP contribution in [0, 0.1) is 3.57 Å². The zero-order valence-corrected chi connectivity index (χ0v) is 11.0. The van der Waals surface area contributed by atoms with Crippen LogP contribution in [0.1, 0.15) is 29.6 Å². The molecule has 0 aromatic heterocycles. The summed E-state index contributed by atoms with van der Waals surface area (Å²) in [5.74, 6) is -0.227. The number of allylic oxidation sites excluding steroid dienone is 1. The molecule has 1 aliphatic rings. The van der Waals surface area contributed by atoms with E-state index in [0.29, 0.717) is 5.56 Å². The summed E-state index contributed by atoms with van der Waals surface area (Å²) in [6.07, 6.45) is 7.15. The number of carbonyl (C=O) groups excluding carboxylic acids is 1. The fraction of sp³-hybridized carbons (Fsp3) is 0.308. The van der Waals surface area contributed by atoms with Gasteiger partial charge in [0, 0.05) is 3.57 Å². The molecule has 0 N–H and O–H groups in total. The lowest BCUT2D eigenvalue weighted by Gasteiger charge is -2.17. The lowest BCUT2D eigenvalue weighted by molar-refractivity contribution is 0.0370. The van der Waals surface area contributed by atoms with E-state index >= 15 is 0 Å². The molecule has 1 atom stereocenters. The third-order valence-electron chi connectivity index (χ3n) is 2.53. The van der Waals surface area contributed by atoms with Gasteiger partial charge in [0.15, 0.2) is 0 Å². The van der Waals surface area contributed by atoms with E-state index in [9.17, 15) is 4.79 Å². The monoisotopic (exact) mass is 328 g/mol. The SMILES string of the molecule is O=C(OC1C=CCCC1)c1cccc(I)c1. The van der Waals surface area contributed by atoms with Crippen molar-refractivity contribution in [1.82, 2.24) is 0 Å². The molecule has 1 aliphatic carbocycles. The van der Waals surface area contributed by atoms with Crippen LogP contribution >= 0.6 is 22.6 Å². The summed E-state index contributed by atoms with van der Waals surface area (Å²) in [5, 5.41) is 0. The molecule has 16 heavy (non-hydrogen) atoms. The van der Waals surface area contributed by atoms with Crippen molar-refractivity contribution in [3.8, 4) is 0 Å². The van der Waals surface area contributed by atoms with Crippen LogP contribution in [0.5, 0.6) is 0 Å². The van der Waals surface area contributed by atoms with Gasteiger partial charge in [0.05, 0.1) is 5.56 Å². The zero-order valence-electron chi connectivity index (χ0n) is 8.86. The predicted molar refractivity (Wildman–Crippen MR) is 71.4 cm³/mol. The summed E-state index contributed by atoms with van der Waals surface area (Å²) < 4.78 is 6.45. The number of halogens is 1. The highest BCUT2D eigenvalue weighted by atomic mass is 127. The maximum Gasteiger partial charge on any atom is 0.338 e. The van der Waals surface area contributed by atoms with Crippen molar-refractivity contribution in [2.75, 3.05) is 0 Å².